The monoisotopic (exact) mass is 229 g/mol. The zero-order valence-electron chi connectivity index (χ0n) is 8.94. The van der Waals surface area contributed by atoms with E-state index in [1.807, 2.05) is 0 Å². The van der Waals surface area contributed by atoms with E-state index in [1.165, 1.54) is 19.9 Å². The Bertz CT molecular complexity index is 400. The summed E-state index contributed by atoms with van der Waals surface area (Å²) in [5, 5.41) is 20.0. The van der Waals surface area contributed by atoms with Gasteiger partial charge in [-0.1, -0.05) is 0 Å². The topological polar surface area (TPSA) is 72.6 Å². The summed E-state index contributed by atoms with van der Waals surface area (Å²) in [6, 6.07) is 3.01. The molecule has 1 aromatic rings. The molecule has 0 aliphatic carbocycles. The molecule has 0 unspecified atom stereocenters. The van der Waals surface area contributed by atoms with Crippen molar-refractivity contribution < 1.29 is 19.2 Å². The van der Waals surface area contributed by atoms with E-state index in [0.717, 1.165) is 12.1 Å². The van der Waals surface area contributed by atoms with Crippen LogP contribution in [0, 0.1) is 15.9 Å². The lowest BCUT2D eigenvalue weighted by Crippen LogP contribution is -2.28. The second-order valence-electron chi connectivity index (χ2n) is 3.97. The molecule has 0 aromatic heterocycles. The van der Waals surface area contributed by atoms with Gasteiger partial charge in [-0.25, -0.2) is 4.39 Å². The van der Waals surface area contributed by atoms with Gasteiger partial charge in [-0.15, -0.1) is 0 Å². The van der Waals surface area contributed by atoms with Crippen LogP contribution in [0.3, 0.4) is 0 Å². The molecule has 0 fully saturated rings. The summed E-state index contributed by atoms with van der Waals surface area (Å²) in [5.74, 6) is -0.768. The minimum absolute atomic E-state index is 0.0616. The fourth-order valence-electron chi connectivity index (χ4n) is 1.01. The maximum Gasteiger partial charge on any atom is 0.313 e. The van der Waals surface area contributed by atoms with Crippen LogP contribution in [-0.4, -0.2) is 22.2 Å². The number of aliphatic hydroxyl groups is 1. The molecule has 1 N–H and O–H groups in total. The Morgan fingerprint density at radius 2 is 2.19 bits per heavy atom. The lowest BCUT2D eigenvalue weighted by molar-refractivity contribution is -0.386. The van der Waals surface area contributed by atoms with Gasteiger partial charge in [0.05, 0.1) is 16.6 Å². The van der Waals surface area contributed by atoms with Crippen molar-refractivity contribution in [1.82, 2.24) is 0 Å². The largest absolute Gasteiger partial charge is 0.484 e. The maximum atomic E-state index is 12.8. The summed E-state index contributed by atoms with van der Waals surface area (Å²) in [7, 11) is 0. The number of hydrogen-bond donors (Lipinski definition) is 1. The number of rotatable bonds is 4. The SMILES string of the molecule is CC(C)(O)COc1ccc(F)cc1[N+](=O)[O-]. The van der Waals surface area contributed by atoms with Crippen LogP contribution in [0.2, 0.25) is 0 Å². The van der Waals surface area contributed by atoms with Gasteiger partial charge in [0, 0.05) is 0 Å². The number of nitrogens with zero attached hydrogens (tertiary/aromatic N) is 1. The van der Waals surface area contributed by atoms with Gasteiger partial charge in [0.2, 0.25) is 0 Å². The molecule has 1 aromatic carbocycles. The Morgan fingerprint density at radius 1 is 1.56 bits per heavy atom. The van der Waals surface area contributed by atoms with Crippen LogP contribution in [-0.2, 0) is 0 Å². The van der Waals surface area contributed by atoms with E-state index in [2.05, 4.69) is 0 Å². The molecular formula is C10H12FNO4. The standard InChI is InChI=1S/C10H12FNO4/c1-10(2,13)6-16-9-4-3-7(11)5-8(9)12(14)15/h3-5,13H,6H2,1-2H3. The first-order valence-electron chi connectivity index (χ1n) is 4.59. The van der Waals surface area contributed by atoms with Gasteiger partial charge in [-0.3, -0.25) is 10.1 Å². The normalized spacial score (nSPS) is 11.2. The molecule has 0 saturated heterocycles. The molecule has 0 saturated carbocycles. The quantitative estimate of drug-likeness (QED) is 0.632. The van der Waals surface area contributed by atoms with Crippen molar-refractivity contribution in [3.8, 4) is 5.75 Å². The molecule has 0 bridgehead atoms. The van der Waals surface area contributed by atoms with Crippen LogP contribution >= 0.6 is 0 Å². The molecule has 0 amide bonds. The second-order valence-corrected chi connectivity index (χ2v) is 3.97. The first kappa shape index (κ1) is 12.4. The van der Waals surface area contributed by atoms with E-state index in [4.69, 9.17) is 4.74 Å². The van der Waals surface area contributed by atoms with Crippen molar-refractivity contribution in [3.63, 3.8) is 0 Å². The maximum absolute atomic E-state index is 12.8. The summed E-state index contributed by atoms with van der Waals surface area (Å²) in [5.41, 5.74) is -1.56. The summed E-state index contributed by atoms with van der Waals surface area (Å²) in [4.78, 5) is 9.86. The van der Waals surface area contributed by atoms with Gasteiger partial charge in [-0.2, -0.15) is 0 Å². The number of nitro benzene ring substituents is 1. The van der Waals surface area contributed by atoms with Crippen LogP contribution in [0.5, 0.6) is 5.75 Å². The van der Waals surface area contributed by atoms with Crippen molar-refractivity contribution in [2.45, 2.75) is 19.4 Å². The molecule has 0 spiro atoms. The Morgan fingerprint density at radius 3 is 2.69 bits per heavy atom. The van der Waals surface area contributed by atoms with Crippen LogP contribution in [0.4, 0.5) is 10.1 Å². The van der Waals surface area contributed by atoms with Gasteiger partial charge in [-0.05, 0) is 26.0 Å². The zero-order chi connectivity index (χ0) is 12.3. The van der Waals surface area contributed by atoms with Crippen LogP contribution in [0.25, 0.3) is 0 Å². The van der Waals surface area contributed by atoms with Crippen molar-refractivity contribution in [1.29, 1.82) is 0 Å². The lowest BCUT2D eigenvalue weighted by Gasteiger charge is -2.17. The van der Waals surface area contributed by atoms with Crippen molar-refractivity contribution in [3.05, 3.63) is 34.1 Å². The molecule has 0 heterocycles. The Labute approximate surface area is 91.6 Å². The summed E-state index contributed by atoms with van der Waals surface area (Å²) in [6.45, 7) is 2.89. The predicted octanol–water partition coefficient (Wildman–Crippen LogP) is 1.88. The number of hydrogen-bond acceptors (Lipinski definition) is 4. The molecule has 88 valence electrons. The van der Waals surface area contributed by atoms with Crippen LogP contribution < -0.4 is 4.74 Å². The van der Waals surface area contributed by atoms with Crippen molar-refractivity contribution in [2.24, 2.45) is 0 Å². The second kappa shape index (κ2) is 4.44. The molecule has 0 aliphatic rings. The van der Waals surface area contributed by atoms with Crippen molar-refractivity contribution in [2.75, 3.05) is 6.61 Å². The average molecular weight is 229 g/mol. The van der Waals surface area contributed by atoms with E-state index >= 15 is 0 Å². The van der Waals surface area contributed by atoms with Crippen LogP contribution in [0.15, 0.2) is 18.2 Å². The number of halogens is 1. The van der Waals surface area contributed by atoms with E-state index in [9.17, 15) is 19.6 Å². The molecule has 1 rings (SSSR count). The zero-order valence-corrected chi connectivity index (χ0v) is 8.94. The molecule has 6 heteroatoms. The molecular weight excluding hydrogens is 217 g/mol. The summed E-state index contributed by atoms with van der Waals surface area (Å²) >= 11 is 0. The third kappa shape index (κ3) is 3.47. The third-order valence-corrected chi connectivity index (χ3v) is 1.70. The third-order valence-electron chi connectivity index (χ3n) is 1.70. The molecule has 0 radical (unpaired) electrons. The fourth-order valence-corrected chi connectivity index (χ4v) is 1.01. The first-order chi connectivity index (χ1) is 7.29. The summed E-state index contributed by atoms with van der Waals surface area (Å²) in [6.07, 6.45) is 0. The highest BCUT2D eigenvalue weighted by Gasteiger charge is 2.19. The van der Waals surface area contributed by atoms with E-state index in [0.29, 0.717) is 0 Å². The molecule has 0 aliphatic heterocycles. The van der Waals surface area contributed by atoms with Gasteiger partial charge in [0.25, 0.3) is 0 Å². The number of nitro groups is 1. The molecule has 0 atom stereocenters. The minimum Gasteiger partial charge on any atom is -0.484 e. The van der Waals surface area contributed by atoms with E-state index < -0.39 is 22.0 Å². The molecule has 16 heavy (non-hydrogen) atoms. The van der Waals surface area contributed by atoms with E-state index in [-0.39, 0.29) is 12.4 Å². The molecule has 5 nitrogen and oxygen atoms in total. The highest BCUT2D eigenvalue weighted by atomic mass is 19.1. The fraction of sp³-hybridized carbons (Fsp3) is 0.400. The van der Waals surface area contributed by atoms with Crippen molar-refractivity contribution >= 4 is 5.69 Å². The Kier molecular flexibility index (Phi) is 3.44. The number of benzene rings is 1. The van der Waals surface area contributed by atoms with Gasteiger partial charge < -0.3 is 9.84 Å². The van der Waals surface area contributed by atoms with Gasteiger partial charge in [0.1, 0.15) is 12.4 Å². The number of ether oxygens (including phenoxy) is 1. The van der Waals surface area contributed by atoms with Crippen LogP contribution in [0.1, 0.15) is 13.8 Å². The highest BCUT2D eigenvalue weighted by molar-refractivity contribution is 5.46. The Hall–Kier alpha value is -1.69. The Balaban J connectivity index is 2.91. The van der Waals surface area contributed by atoms with Gasteiger partial charge >= 0.3 is 5.69 Å². The smallest absolute Gasteiger partial charge is 0.313 e. The van der Waals surface area contributed by atoms with E-state index in [1.54, 1.807) is 0 Å². The average Bonchev–Trinajstić information content (AvgIpc) is 2.14. The predicted molar refractivity (Wildman–Crippen MR) is 54.8 cm³/mol. The minimum atomic E-state index is -1.11. The highest BCUT2D eigenvalue weighted by Crippen LogP contribution is 2.27. The summed E-state index contributed by atoms with van der Waals surface area (Å²) < 4.78 is 17.8. The van der Waals surface area contributed by atoms with Gasteiger partial charge in [0.15, 0.2) is 5.75 Å². The first-order valence-corrected chi connectivity index (χ1v) is 4.59. The lowest BCUT2D eigenvalue weighted by atomic mass is 10.2.